The van der Waals surface area contributed by atoms with Gasteiger partial charge in [0.1, 0.15) is 17.7 Å². The summed E-state index contributed by atoms with van der Waals surface area (Å²) in [4.78, 5) is 41.2. The Balaban J connectivity index is 1.72. The van der Waals surface area contributed by atoms with Gasteiger partial charge in [-0.05, 0) is 55.8 Å². The van der Waals surface area contributed by atoms with Crippen molar-refractivity contribution in [2.24, 2.45) is 0 Å². The quantitative estimate of drug-likeness (QED) is 0.452. The second kappa shape index (κ2) is 9.46. The van der Waals surface area contributed by atoms with Gasteiger partial charge in [-0.1, -0.05) is 48.0 Å². The van der Waals surface area contributed by atoms with Crippen LogP contribution in [0.2, 0.25) is 0 Å². The number of fused-ring (bicyclic) bond motifs is 1. The molecule has 8 heteroatoms. The first-order chi connectivity index (χ1) is 17.8. The fourth-order valence-electron chi connectivity index (χ4n) is 4.90. The molecule has 1 aliphatic heterocycles. The first-order valence-corrected chi connectivity index (χ1v) is 11.9. The van der Waals surface area contributed by atoms with E-state index in [0.717, 1.165) is 10.5 Å². The molecule has 4 aromatic rings. The third-order valence-corrected chi connectivity index (χ3v) is 6.54. The number of nitrogens with zero attached hydrogens (tertiary/aromatic N) is 3. The van der Waals surface area contributed by atoms with E-state index >= 15 is 0 Å². The lowest BCUT2D eigenvalue weighted by molar-refractivity contribution is -0.127. The predicted molar refractivity (Wildman–Crippen MR) is 137 cm³/mol. The summed E-state index contributed by atoms with van der Waals surface area (Å²) in [5, 5.41) is 7.55. The number of hydrogen-bond acceptors (Lipinski definition) is 4. The Morgan fingerprint density at radius 2 is 1.65 bits per heavy atom. The molecule has 0 fully saturated rings. The number of benzene rings is 3. The van der Waals surface area contributed by atoms with Crippen molar-refractivity contribution in [2.45, 2.75) is 32.7 Å². The zero-order valence-corrected chi connectivity index (χ0v) is 20.6. The number of aryl methyl sites for hydroxylation is 2. The Kier molecular flexibility index (Phi) is 6.17. The van der Waals surface area contributed by atoms with Gasteiger partial charge in [0.15, 0.2) is 0 Å². The van der Waals surface area contributed by atoms with Crippen LogP contribution in [0.25, 0.3) is 5.69 Å². The summed E-state index contributed by atoms with van der Waals surface area (Å²) < 4.78 is 15.4. The molecule has 37 heavy (non-hydrogen) atoms. The van der Waals surface area contributed by atoms with Crippen LogP contribution in [0.4, 0.5) is 10.2 Å². The third-order valence-electron chi connectivity index (χ3n) is 6.54. The number of hydrogen-bond donors (Lipinski definition) is 1. The fraction of sp³-hybridized carbons (Fsp3) is 0.172. The van der Waals surface area contributed by atoms with Crippen LogP contribution in [0, 0.1) is 19.7 Å². The lowest BCUT2D eigenvalue weighted by Gasteiger charge is -2.37. The zero-order chi connectivity index (χ0) is 26.3. The fourth-order valence-corrected chi connectivity index (χ4v) is 4.90. The van der Waals surface area contributed by atoms with Crippen molar-refractivity contribution >= 4 is 23.5 Å². The van der Waals surface area contributed by atoms with Gasteiger partial charge in [0, 0.05) is 24.0 Å². The van der Waals surface area contributed by atoms with E-state index in [1.807, 2.05) is 43.3 Å². The Bertz CT molecular complexity index is 1510. The van der Waals surface area contributed by atoms with Crippen LogP contribution >= 0.6 is 0 Å². The van der Waals surface area contributed by atoms with E-state index in [1.54, 1.807) is 41.9 Å². The molecule has 3 aromatic carbocycles. The number of rotatable bonds is 4. The van der Waals surface area contributed by atoms with Gasteiger partial charge in [-0.25, -0.2) is 14.0 Å². The molecule has 1 unspecified atom stereocenters. The highest BCUT2D eigenvalue weighted by Gasteiger charge is 2.47. The lowest BCUT2D eigenvalue weighted by atomic mass is 9.81. The summed E-state index contributed by atoms with van der Waals surface area (Å²) in [6.07, 6.45) is 0. The van der Waals surface area contributed by atoms with Gasteiger partial charge in [0.25, 0.3) is 11.8 Å². The first-order valence-electron chi connectivity index (χ1n) is 11.9. The number of carbonyl (C=O) groups excluding carboxylic acids is 3. The van der Waals surface area contributed by atoms with Gasteiger partial charge in [-0.3, -0.25) is 14.4 Å². The smallest absolute Gasteiger partial charge is 0.258 e. The second-order valence-electron chi connectivity index (χ2n) is 9.11. The minimum atomic E-state index is -1.12. The van der Waals surface area contributed by atoms with Gasteiger partial charge >= 0.3 is 0 Å². The van der Waals surface area contributed by atoms with Crippen molar-refractivity contribution in [3.05, 3.63) is 113 Å². The van der Waals surface area contributed by atoms with E-state index in [1.165, 1.54) is 19.1 Å². The van der Waals surface area contributed by atoms with E-state index < -0.39 is 35.5 Å². The average molecular weight is 497 g/mol. The van der Waals surface area contributed by atoms with Crippen LogP contribution in [-0.4, -0.2) is 33.5 Å². The van der Waals surface area contributed by atoms with Crippen molar-refractivity contribution in [3.8, 4) is 5.69 Å². The Morgan fingerprint density at radius 1 is 0.946 bits per heavy atom. The molecule has 1 aromatic heterocycles. The van der Waals surface area contributed by atoms with Crippen molar-refractivity contribution in [1.29, 1.82) is 0 Å². The van der Waals surface area contributed by atoms with Crippen molar-refractivity contribution in [1.82, 2.24) is 15.1 Å². The maximum atomic E-state index is 14.0. The van der Waals surface area contributed by atoms with E-state index in [0.29, 0.717) is 33.9 Å². The largest absolute Gasteiger partial charge is 0.339 e. The molecule has 2 atom stereocenters. The molecule has 186 valence electrons. The Hall–Kier alpha value is -4.59. The van der Waals surface area contributed by atoms with E-state index in [4.69, 9.17) is 5.10 Å². The normalized spacial score (nSPS) is 16.9. The van der Waals surface area contributed by atoms with Crippen LogP contribution in [0.5, 0.6) is 0 Å². The number of amides is 3. The predicted octanol–water partition coefficient (Wildman–Crippen LogP) is 4.45. The molecule has 0 saturated carbocycles. The number of nitrogens with one attached hydrogen (secondary N) is 1. The summed E-state index contributed by atoms with van der Waals surface area (Å²) in [5.41, 5.74) is 3.77. The monoisotopic (exact) mass is 496 g/mol. The molecule has 7 nitrogen and oxygen atoms in total. The van der Waals surface area contributed by atoms with Crippen LogP contribution in [0.15, 0.2) is 78.9 Å². The van der Waals surface area contributed by atoms with E-state index in [-0.39, 0.29) is 0 Å². The highest BCUT2D eigenvalue weighted by Crippen LogP contribution is 2.43. The molecule has 2 heterocycles. The van der Waals surface area contributed by atoms with E-state index in [2.05, 4.69) is 5.32 Å². The number of halogens is 1. The van der Waals surface area contributed by atoms with Gasteiger partial charge < -0.3 is 5.32 Å². The summed E-state index contributed by atoms with van der Waals surface area (Å²) in [6.45, 7) is 4.97. The summed E-state index contributed by atoms with van der Waals surface area (Å²) in [7, 11) is 0. The molecule has 0 saturated heterocycles. The average Bonchev–Trinajstić information content (AvgIpc) is 3.21. The van der Waals surface area contributed by atoms with Gasteiger partial charge in [-0.15, -0.1) is 0 Å². The molecule has 0 bridgehead atoms. The highest BCUT2D eigenvalue weighted by molar-refractivity contribution is 6.19. The number of anilines is 1. The van der Waals surface area contributed by atoms with Gasteiger partial charge in [0.05, 0.1) is 11.4 Å². The summed E-state index contributed by atoms with van der Waals surface area (Å²) >= 11 is 0. The van der Waals surface area contributed by atoms with Crippen LogP contribution in [0.3, 0.4) is 0 Å². The van der Waals surface area contributed by atoms with Crippen LogP contribution in [-0.2, 0) is 9.59 Å². The minimum Gasteiger partial charge on any atom is -0.339 e. The Labute approximate surface area is 213 Å². The maximum Gasteiger partial charge on any atom is 0.258 e. The maximum absolute atomic E-state index is 14.0. The molecular weight excluding hydrogens is 471 g/mol. The highest BCUT2D eigenvalue weighted by atomic mass is 19.1. The Morgan fingerprint density at radius 3 is 2.30 bits per heavy atom. The molecule has 1 N–H and O–H groups in total. The zero-order valence-electron chi connectivity index (χ0n) is 20.6. The standard InChI is InChI=1S/C29H25FN4O3/c1-17-8-7-9-21(16-17)27(36)31-26-25(20-12-14-22(30)15-13-20)24-18(2)32-34(23-10-5-4-6-11-23)28(24)33(19(3)35)29(26)37/h4-16,25-26H,1-3H3,(H,31,36)/t25-,26?/m0/s1. The summed E-state index contributed by atoms with van der Waals surface area (Å²) in [5.74, 6) is -2.35. The van der Waals surface area contributed by atoms with Crippen molar-refractivity contribution < 1.29 is 18.8 Å². The third kappa shape index (κ3) is 4.31. The lowest BCUT2D eigenvalue weighted by Crippen LogP contribution is -2.56. The molecule has 1 aliphatic rings. The van der Waals surface area contributed by atoms with Crippen LogP contribution in [0.1, 0.15) is 45.6 Å². The number of imide groups is 1. The van der Waals surface area contributed by atoms with Gasteiger partial charge in [0.2, 0.25) is 5.91 Å². The molecule has 0 aliphatic carbocycles. The van der Waals surface area contributed by atoms with Crippen molar-refractivity contribution in [2.75, 3.05) is 4.90 Å². The van der Waals surface area contributed by atoms with Crippen molar-refractivity contribution in [3.63, 3.8) is 0 Å². The second-order valence-corrected chi connectivity index (χ2v) is 9.11. The van der Waals surface area contributed by atoms with Gasteiger partial charge in [-0.2, -0.15) is 5.10 Å². The minimum absolute atomic E-state index is 0.316. The molecule has 3 amide bonds. The SMILES string of the molecule is CC(=O)N1C(=O)C(NC(=O)c2cccc(C)c2)[C@@H](c2ccc(F)cc2)c2c(C)nn(-c3ccccc3)c21. The number of carbonyl (C=O) groups is 3. The molecular formula is C29H25FN4O3. The number of aromatic nitrogens is 2. The topological polar surface area (TPSA) is 84.3 Å². The number of para-hydroxylation sites is 1. The molecule has 0 spiro atoms. The molecule has 0 radical (unpaired) electrons. The first kappa shape index (κ1) is 24.1. The summed E-state index contributed by atoms with van der Waals surface area (Å²) in [6, 6.07) is 20.9. The van der Waals surface area contributed by atoms with E-state index in [9.17, 15) is 18.8 Å². The van der Waals surface area contributed by atoms with Crippen LogP contribution < -0.4 is 10.2 Å². The molecule has 5 rings (SSSR count).